The number of pyridine rings is 1. The van der Waals surface area contributed by atoms with E-state index >= 15 is 0 Å². The number of esters is 1. The van der Waals surface area contributed by atoms with Gasteiger partial charge in [0.1, 0.15) is 0 Å². The first kappa shape index (κ1) is 10.9. The number of rotatable bonds is 2. The molecule has 17 heavy (non-hydrogen) atoms. The van der Waals surface area contributed by atoms with Crippen LogP contribution in [-0.4, -0.2) is 18.1 Å². The Balaban J connectivity index is 2.81. The molecule has 6 heteroatoms. The maximum atomic E-state index is 11.5. The Labute approximate surface area is 96.5 Å². The van der Waals surface area contributed by atoms with Crippen LogP contribution >= 0.6 is 0 Å². The molecule has 0 saturated heterocycles. The van der Waals surface area contributed by atoms with Crippen LogP contribution < -0.4 is 0 Å². The number of hydrogen-bond donors (Lipinski definition) is 0. The van der Waals surface area contributed by atoms with Crippen LogP contribution in [0.1, 0.15) is 10.4 Å². The molecule has 6 nitrogen and oxygen atoms in total. The molecule has 0 saturated carbocycles. The second kappa shape index (κ2) is 4.51. The summed E-state index contributed by atoms with van der Waals surface area (Å²) >= 11 is 0. The largest absolute Gasteiger partial charge is 0.465 e. The lowest BCUT2D eigenvalue weighted by Gasteiger charge is -2.05. The van der Waals surface area contributed by atoms with Gasteiger partial charge in [0.2, 0.25) is 0 Å². The third kappa shape index (κ3) is 1.89. The van der Waals surface area contributed by atoms with Gasteiger partial charge in [-0.25, -0.2) is 4.79 Å². The summed E-state index contributed by atoms with van der Waals surface area (Å²) in [6.07, 6.45) is 1.35. The van der Waals surface area contributed by atoms with E-state index in [1.165, 1.54) is 13.3 Å². The summed E-state index contributed by atoms with van der Waals surface area (Å²) in [5.74, 6) is -0.578. The number of methoxy groups -OCH3 is 1. The molecular formula is C11H8N4O2. The number of nitrogens with zero attached hydrogens (tertiary/aromatic N) is 4. The van der Waals surface area contributed by atoms with Crippen LogP contribution in [-0.2, 0) is 4.74 Å². The van der Waals surface area contributed by atoms with Crippen LogP contribution in [0.5, 0.6) is 0 Å². The summed E-state index contributed by atoms with van der Waals surface area (Å²) in [5, 5.41) is 4.16. The van der Waals surface area contributed by atoms with E-state index in [0.29, 0.717) is 10.9 Å². The quantitative estimate of drug-likeness (QED) is 0.342. The Bertz CT molecular complexity index is 632. The van der Waals surface area contributed by atoms with E-state index in [9.17, 15) is 4.79 Å². The molecule has 0 aliphatic heterocycles. The normalized spacial score (nSPS) is 9.71. The minimum Gasteiger partial charge on any atom is -0.465 e. The predicted molar refractivity (Wildman–Crippen MR) is 61.9 cm³/mol. The number of carbonyl (C=O) groups is 1. The average molecular weight is 228 g/mol. The van der Waals surface area contributed by atoms with E-state index in [1.54, 1.807) is 18.2 Å². The van der Waals surface area contributed by atoms with Crippen molar-refractivity contribution in [3.05, 3.63) is 46.5 Å². The van der Waals surface area contributed by atoms with Crippen molar-refractivity contribution >= 4 is 22.6 Å². The first-order chi connectivity index (χ1) is 8.27. The monoisotopic (exact) mass is 228 g/mol. The molecule has 0 amide bonds. The Morgan fingerprint density at radius 2 is 2.24 bits per heavy atom. The van der Waals surface area contributed by atoms with Crippen LogP contribution in [0.15, 0.2) is 35.6 Å². The fraction of sp³-hybridized carbons (Fsp3) is 0.0909. The fourth-order valence-electron chi connectivity index (χ4n) is 1.54. The molecule has 0 unspecified atom stereocenters. The van der Waals surface area contributed by atoms with Crippen molar-refractivity contribution in [2.24, 2.45) is 5.11 Å². The second-order valence-corrected chi connectivity index (χ2v) is 3.22. The van der Waals surface area contributed by atoms with Crippen molar-refractivity contribution in [1.82, 2.24) is 4.98 Å². The maximum Gasteiger partial charge on any atom is 0.339 e. The molecule has 1 aromatic carbocycles. The van der Waals surface area contributed by atoms with Gasteiger partial charge in [0.25, 0.3) is 0 Å². The number of fused-ring (bicyclic) bond motifs is 1. The van der Waals surface area contributed by atoms with Crippen LogP contribution in [0.25, 0.3) is 21.3 Å². The Kier molecular flexibility index (Phi) is 2.89. The smallest absolute Gasteiger partial charge is 0.339 e. The highest BCUT2D eigenvalue weighted by molar-refractivity contribution is 6.03. The van der Waals surface area contributed by atoms with Crippen molar-refractivity contribution in [2.45, 2.75) is 0 Å². The van der Waals surface area contributed by atoms with Crippen LogP contribution in [0.4, 0.5) is 5.69 Å². The van der Waals surface area contributed by atoms with Crippen LogP contribution in [0.3, 0.4) is 0 Å². The number of ether oxygens (including phenoxy) is 1. The van der Waals surface area contributed by atoms with Gasteiger partial charge in [0.15, 0.2) is 0 Å². The van der Waals surface area contributed by atoms with Crippen LogP contribution in [0, 0.1) is 0 Å². The van der Waals surface area contributed by atoms with Gasteiger partial charge in [-0.15, -0.1) is 0 Å². The summed E-state index contributed by atoms with van der Waals surface area (Å²) in [4.78, 5) is 18.3. The van der Waals surface area contributed by atoms with Gasteiger partial charge in [0.05, 0.1) is 23.9 Å². The zero-order chi connectivity index (χ0) is 12.3. The summed E-state index contributed by atoms with van der Waals surface area (Å²) < 4.78 is 4.61. The lowest BCUT2D eigenvalue weighted by molar-refractivity contribution is 0.0601. The Hall–Kier alpha value is -2.59. The summed E-state index contributed by atoms with van der Waals surface area (Å²) in [5.41, 5.74) is 9.60. The van der Waals surface area contributed by atoms with Gasteiger partial charge in [-0.05, 0) is 11.6 Å². The number of hydrogen-bond acceptors (Lipinski definition) is 4. The van der Waals surface area contributed by atoms with Crippen molar-refractivity contribution in [3.8, 4) is 0 Å². The molecule has 0 N–H and O–H groups in total. The van der Waals surface area contributed by atoms with E-state index in [2.05, 4.69) is 19.7 Å². The lowest BCUT2D eigenvalue weighted by atomic mass is 10.1. The number of benzene rings is 1. The summed E-state index contributed by atoms with van der Waals surface area (Å²) in [6, 6.07) is 7.10. The van der Waals surface area contributed by atoms with Gasteiger partial charge in [-0.2, -0.15) is 0 Å². The van der Waals surface area contributed by atoms with E-state index in [0.717, 1.165) is 0 Å². The van der Waals surface area contributed by atoms with Gasteiger partial charge >= 0.3 is 5.97 Å². The molecule has 2 rings (SSSR count). The molecule has 1 aromatic heterocycles. The topological polar surface area (TPSA) is 88.0 Å². The predicted octanol–water partition coefficient (Wildman–Crippen LogP) is 2.96. The highest BCUT2D eigenvalue weighted by Gasteiger charge is 2.14. The highest BCUT2D eigenvalue weighted by atomic mass is 16.5. The van der Waals surface area contributed by atoms with Gasteiger partial charge < -0.3 is 4.74 Å². The van der Waals surface area contributed by atoms with Crippen molar-refractivity contribution in [1.29, 1.82) is 0 Å². The maximum absolute atomic E-state index is 11.5. The zero-order valence-electron chi connectivity index (χ0n) is 8.99. The molecule has 0 radical (unpaired) electrons. The minimum atomic E-state index is -0.578. The molecule has 0 fully saturated rings. The average Bonchev–Trinajstić information content (AvgIpc) is 2.38. The molecule has 0 spiro atoms. The van der Waals surface area contributed by atoms with Crippen molar-refractivity contribution < 1.29 is 9.53 Å². The Morgan fingerprint density at radius 1 is 1.47 bits per heavy atom. The first-order valence-corrected chi connectivity index (χ1v) is 4.79. The van der Waals surface area contributed by atoms with Crippen LogP contribution in [0.2, 0.25) is 0 Å². The molecule has 0 aliphatic carbocycles. The minimum absolute atomic E-state index is 0.156. The molecule has 1 heterocycles. The third-order valence-electron chi connectivity index (χ3n) is 2.30. The Morgan fingerprint density at radius 3 is 2.94 bits per heavy atom. The molecule has 0 atom stereocenters. The molecule has 2 aromatic rings. The lowest BCUT2D eigenvalue weighted by Crippen LogP contribution is -2.02. The summed E-state index contributed by atoms with van der Waals surface area (Å²) in [6.45, 7) is 0. The van der Waals surface area contributed by atoms with E-state index in [-0.39, 0.29) is 11.3 Å². The zero-order valence-corrected chi connectivity index (χ0v) is 8.99. The number of azide groups is 1. The molecule has 84 valence electrons. The molecule has 0 bridgehead atoms. The first-order valence-electron chi connectivity index (χ1n) is 4.79. The number of carbonyl (C=O) groups excluding carboxylic acids is 1. The van der Waals surface area contributed by atoms with Crippen molar-refractivity contribution in [3.63, 3.8) is 0 Å². The molecular weight excluding hydrogens is 220 g/mol. The second-order valence-electron chi connectivity index (χ2n) is 3.22. The van der Waals surface area contributed by atoms with Crippen molar-refractivity contribution in [2.75, 3.05) is 7.11 Å². The number of aromatic nitrogens is 1. The number of para-hydroxylation sites is 1. The van der Waals surface area contributed by atoms with E-state index in [4.69, 9.17) is 5.53 Å². The highest BCUT2D eigenvalue weighted by Crippen LogP contribution is 2.29. The third-order valence-corrected chi connectivity index (χ3v) is 2.30. The standard InChI is InChI=1S/C11H8N4O2/c1-17-11(16)8-6-13-9-5-3-2-4-7(9)10(8)14-15-12/h2-6H,1H3. The fourth-order valence-corrected chi connectivity index (χ4v) is 1.54. The SMILES string of the molecule is COC(=O)c1cnc2ccccc2c1N=[N+]=[N-]. The summed E-state index contributed by atoms with van der Waals surface area (Å²) in [7, 11) is 1.26. The van der Waals surface area contributed by atoms with Gasteiger partial charge in [-0.3, -0.25) is 4.98 Å². The van der Waals surface area contributed by atoms with E-state index < -0.39 is 5.97 Å². The van der Waals surface area contributed by atoms with Gasteiger partial charge in [0, 0.05) is 16.5 Å². The van der Waals surface area contributed by atoms with E-state index in [1.807, 2.05) is 6.07 Å². The molecule has 0 aliphatic rings. The van der Waals surface area contributed by atoms with Gasteiger partial charge in [-0.1, -0.05) is 23.3 Å².